The van der Waals surface area contributed by atoms with Crippen molar-refractivity contribution in [1.82, 2.24) is 18.9 Å². The molecule has 0 aliphatic carbocycles. The summed E-state index contributed by atoms with van der Waals surface area (Å²) in [7, 11) is 2.11. The zero-order chi connectivity index (χ0) is 18.5. The Morgan fingerprint density at radius 2 is 1.74 bits per heavy atom. The van der Waals surface area contributed by atoms with E-state index in [0.29, 0.717) is 0 Å². The van der Waals surface area contributed by atoms with Crippen molar-refractivity contribution in [1.29, 1.82) is 0 Å². The minimum atomic E-state index is 0.876. The number of imidazole rings is 2. The lowest BCUT2D eigenvalue weighted by Crippen LogP contribution is -2.00. The van der Waals surface area contributed by atoms with Crippen molar-refractivity contribution in [3.05, 3.63) is 77.5 Å². The summed E-state index contributed by atoms with van der Waals surface area (Å²) in [6.45, 7) is 4.23. The first kappa shape index (κ1) is 16.1. The normalized spacial score (nSPS) is 11.8. The standard InChI is InChI=1S/C23H22N4/c1-15-8-9-16(2)27-14-18(24-23(15)27)11-13-21-25-22-19-7-5-4-6-17(19)10-12-20(22)26(21)3/h4-10,12,14H,11,13H2,1-3H3. The lowest BCUT2D eigenvalue weighted by molar-refractivity contribution is 0.779. The number of rotatable bonds is 3. The number of fused-ring (bicyclic) bond motifs is 4. The zero-order valence-corrected chi connectivity index (χ0v) is 15.9. The fourth-order valence-corrected chi connectivity index (χ4v) is 3.94. The second-order valence-electron chi connectivity index (χ2n) is 7.33. The molecule has 3 aromatic heterocycles. The van der Waals surface area contributed by atoms with E-state index in [4.69, 9.17) is 9.97 Å². The van der Waals surface area contributed by atoms with Crippen molar-refractivity contribution in [2.24, 2.45) is 7.05 Å². The van der Waals surface area contributed by atoms with E-state index >= 15 is 0 Å². The summed E-state index contributed by atoms with van der Waals surface area (Å²) in [5, 5.41) is 2.46. The second-order valence-corrected chi connectivity index (χ2v) is 7.33. The van der Waals surface area contributed by atoms with Crippen LogP contribution in [0.4, 0.5) is 0 Å². The predicted molar refractivity (Wildman–Crippen MR) is 110 cm³/mol. The molecule has 4 nitrogen and oxygen atoms in total. The van der Waals surface area contributed by atoms with Gasteiger partial charge in [0.2, 0.25) is 0 Å². The van der Waals surface area contributed by atoms with Crippen molar-refractivity contribution in [3.63, 3.8) is 0 Å². The molecule has 0 aliphatic rings. The monoisotopic (exact) mass is 354 g/mol. The topological polar surface area (TPSA) is 35.1 Å². The van der Waals surface area contributed by atoms with E-state index in [-0.39, 0.29) is 0 Å². The summed E-state index contributed by atoms with van der Waals surface area (Å²) >= 11 is 0. The van der Waals surface area contributed by atoms with Crippen molar-refractivity contribution in [2.45, 2.75) is 26.7 Å². The number of pyridine rings is 1. The number of aromatic nitrogens is 4. The van der Waals surface area contributed by atoms with Crippen LogP contribution >= 0.6 is 0 Å². The van der Waals surface area contributed by atoms with Gasteiger partial charge >= 0.3 is 0 Å². The highest BCUT2D eigenvalue weighted by Crippen LogP contribution is 2.25. The van der Waals surface area contributed by atoms with Gasteiger partial charge in [-0.05, 0) is 43.4 Å². The minimum Gasteiger partial charge on any atom is -0.331 e. The smallest absolute Gasteiger partial charge is 0.140 e. The van der Waals surface area contributed by atoms with Gasteiger partial charge < -0.3 is 8.97 Å². The average molecular weight is 354 g/mol. The molecule has 0 fully saturated rings. The summed E-state index contributed by atoms with van der Waals surface area (Å²) < 4.78 is 4.40. The Hall–Kier alpha value is -3.14. The largest absolute Gasteiger partial charge is 0.331 e. The molecule has 27 heavy (non-hydrogen) atoms. The van der Waals surface area contributed by atoms with E-state index in [1.54, 1.807) is 0 Å². The Bertz CT molecular complexity index is 1270. The molecule has 0 aliphatic heterocycles. The predicted octanol–water partition coefficient (Wildman–Crippen LogP) is 4.78. The van der Waals surface area contributed by atoms with Gasteiger partial charge in [-0.2, -0.15) is 0 Å². The maximum atomic E-state index is 4.97. The Balaban J connectivity index is 1.52. The van der Waals surface area contributed by atoms with Crippen LogP contribution in [-0.2, 0) is 19.9 Å². The van der Waals surface area contributed by atoms with Crippen LogP contribution in [0.25, 0.3) is 27.5 Å². The highest BCUT2D eigenvalue weighted by molar-refractivity contribution is 6.04. The van der Waals surface area contributed by atoms with Crippen LogP contribution in [0.15, 0.2) is 54.7 Å². The van der Waals surface area contributed by atoms with E-state index in [1.807, 2.05) is 0 Å². The molecule has 0 radical (unpaired) electrons. The highest BCUT2D eigenvalue weighted by atomic mass is 15.1. The fraction of sp³-hybridized carbons (Fsp3) is 0.217. The Kier molecular flexibility index (Phi) is 3.54. The van der Waals surface area contributed by atoms with Crippen LogP contribution < -0.4 is 0 Å². The van der Waals surface area contributed by atoms with Crippen molar-refractivity contribution >= 4 is 27.5 Å². The quantitative estimate of drug-likeness (QED) is 0.467. The maximum Gasteiger partial charge on any atom is 0.140 e. The summed E-state index contributed by atoms with van der Waals surface area (Å²) in [5.41, 5.74) is 6.87. The molecule has 0 bridgehead atoms. The molecule has 134 valence electrons. The second kappa shape index (κ2) is 5.95. The summed E-state index contributed by atoms with van der Waals surface area (Å²) in [4.78, 5) is 9.82. The van der Waals surface area contributed by atoms with E-state index in [2.05, 4.69) is 84.6 Å². The van der Waals surface area contributed by atoms with Crippen LogP contribution in [0.5, 0.6) is 0 Å². The highest BCUT2D eigenvalue weighted by Gasteiger charge is 2.12. The third-order valence-corrected chi connectivity index (χ3v) is 5.54. The Labute approximate surface area is 158 Å². The number of hydrogen-bond donors (Lipinski definition) is 0. The van der Waals surface area contributed by atoms with Gasteiger partial charge in [-0.25, -0.2) is 9.97 Å². The molecule has 0 saturated carbocycles. The number of benzene rings is 2. The van der Waals surface area contributed by atoms with Gasteiger partial charge in [0, 0.05) is 30.7 Å². The maximum absolute atomic E-state index is 4.97. The van der Waals surface area contributed by atoms with Gasteiger partial charge in [-0.3, -0.25) is 0 Å². The van der Waals surface area contributed by atoms with Gasteiger partial charge in [0.15, 0.2) is 0 Å². The zero-order valence-electron chi connectivity index (χ0n) is 15.9. The van der Waals surface area contributed by atoms with Crippen LogP contribution in [-0.4, -0.2) is 18.9 Å². The van der Waals surface area contributed by atoms with Crippen LogP contribution in [0.1, 0.15) is 22.8 Å². The van der Waals surface area contributed by atoms with E-state index in [1.165, 1.54) is 27.5 Å². The van der Waals surface area contributed by atoms with Crippen LogP contribution in [0, 0.1) is 13.8 Å². The molecule has 5 rings (SSSR count). The lowest BCUT2D eigenvalue weighted by atomic mass is 10.1. The lowest BCUT2D eigenvalue weighted by Gasteiger charge is -2.01. The first-order chi connectivity index (χ1) is 13.1. The third-order valence-electron chi connectivity index (χ3n) is 5.54. The summed E-state index contributed by atoms with van der Waals surface area (Å²) in [6, 6.07) is 17.1. The molecule has 0 saturated heterocycles. The molecule has 4 heteroatoms. The molecule has 0 atom stereocenters. The number of aryl methyl sites for hydroxylation is 5. The van der Waals surface area contributed by atoms with Crippen LogP contribution in [0.3, 0.4) is 0 Å². The van der Waals surface area contributed by atoms with Crippen molar-refractivity contribution in [2.75, 3.05) is 0 Å². The van der Waals surface area contributed by atoms with Crippen LogP contribution in [0.2, 0.25) is 0 Å². The van der Waals surface area contributed by atoms with Gasteiger partial charge in [0.25, 0.3) is 0 Å². The number of nitrogens with zero attached hydrogens (tertiary/aromatic N) is 4. The van der Waals surface area contributed by atoms with Gasteiger partial charge in [0.1, 0.15) is 11.5 Å². The molecule has 3 heterocycles. The molecule has 0 N–H and O–H groups in total. The molecule has 0 unspecified atom stereocenters. The van der Waals surface area contributed by atoms with Crippen molar-refractivity contribution < 1.29 is 0 Å². The van der Waals surface area contributed by atoms with E-state index in [0.717, 1.165) is 35.5 Å². The SMILES string of the molecule is Cc1ccc(C)n2cc(CCc3nc4c5ccccc5ccc4n3C)nc12. The van der Waals surface area contributed by atoms with E-state index < -0.39 is 0 Å². The fourth-order valence-electron chi connectivity index (χ4n) is 3.94. The van der Waals surface area contributed by atoms with Crippen molar-refractivity contribution in [3.8, 4) is 0 Å². The molecule has 0 spiro atoms. The Morgan fingerprint density at radius 1 is 0.889 bits per heavy atom. The van der Waals surface area contributed by atoms with E-state index in [9.17, 15) is 0 Å². The molecule has 0 amide bonds. The third kappa shape index (κ3) is 2.52. The Morgan fingerprint density at radius 3 is 2.59 bits per heavy atom. The molecule has 2 aromatic carbocycles. The minimum absolute atomic E-state index is 0.876. The molecular weight excluding hydrogens is 332 g/mol. The molecule has 5 aromatic rings. The first-order valence-electron chi connectivity index (χ1n) is 9.39. The van der Waals surface area contributed by atoms with Gasteiger partial charge in [-0.1, -0.05) is 36.4 Å². The van der Waals surface area contributed by atoms with Gasteiger partial charge in [0.05, 0.1) is 16.7 Å². The first-order valence-corrected chi connectivity index (χ1v) is 9.39. The summed E-state index contributed by atoms with van der Waals surface area (Å²) in [6.07, 6.45) is 3.92. The molecular formula is C23H22N4. The van der Waals surface area contributed by atoms with Gasteiger partial charge in [-0.15, -0.1) is 0 Å². The summed E-state index contributed by atoms with van der Waals surface area (Å²) in [5.74, 6) is 1.10. The number of hydrogen-bond acceptors (Lipinski definition) is 2. The average Bonchev–Trinajstić information content (AvgIpc) is 3.26.